The summed E-state index contributed by atoms with van der Waals surface area (Å²) in [5, 5.41) is 8.25. The van der Waals surface area contributed by atoms with Crippen LogP contribution in [0.5, 0.6) is 0 Å². The van der Waals surface area contributed by atoms with E-state index in [9.17, 15) is 0 Å². The van der Waals surface area contributed by atoms with E-state index in [1.807, 2.05) is 6.07 Å². The number of rotatable bonds is 3. The molecule has 0 unspecified atom stereocenters. The number of hydrogen-bond acceptors (Lipinski definition) is 3. The molecule has 2 nitrogen and oxygen atoms in total. The van der Waals surface area contributed by atoms with E-state index in [1.54, 1.807) is 17.8 Å². The Kier molecular flexibility index (Phi) is 3.80. The van der Waals surface area contributed by atoms with E-state index in [2.05, 4.69) is 41.4 Å². The molecular weight excluding hydrogens is 240 g/mol. The maximum atomic E-state index is 5.67. The molecule has 82 valence electrons. The fraction of sp³-hybridized carbons (Fsp3) is 0.167. The van der Waals surface area contributed by atoms with Crippen molar-refractivity contribution in [3.63, 3.8) is 0 Å². The maximum Gasteiger partial charge on any atom is 0.151 e. The maximum absolute atomic E-state index is 5.67. The normalized spacial score (nSPS) is 10.4. The van der Waals surface area contributed by atoms with E-state index in [0.717, 1.165) is 11.4 Å². The highest BCUT2D eigenvalue weighted by Crippen LogP contribution is 2.22. The van der Waals surface area contributed by atoms with Gasteiger partial charge in [-0.25, -0.2) is 0 Å². The van der Waals surface area contributed by atoms with Crippen molar-refractivity contribution in [2.24, 2.45) is 0 Å². The van der Waals surface area contributed by atoms with Crippen LogP contribution < -0.4 is 0 Å². The van der Waals surface area contributed by atoms with Crippen molar-refractivity contribution in [1.82, 2.24) is 10.2 Å². The summed E-state index contributed by atoms with van der Waals surface area (Å²) in [6.45, 7) is 2.08. The molecule has 0 amide bonds. The quantitative estimate of drug-likeness (QED) is 0.777. The SMILES string of the molecule is Cc1ccc(SCc2ccc(Cl)nn2)cc1. The second-order valence-corrected chi connectivity index (χ2v) is 4.89. The zero-order valence-corrected chi connectivity index (χ0v) is 10.4. The lowest BCUT2D eigenvalue weighted by atomic mass is 10.2. The molecule has 0 atom stereocenters. The van der Waals surface area contributed by atoms with Crippen LogP contribution in [-0.2, 0) is 5.75 Å². The highest BCUT2D eigenvalue weighted by Gasteiger charge is 1.98. The van der Waals surface area contributed by atoms with Crippen molar-refractivity contribution in [2.45, 2.75) is 17.6 Å². The van der Waals surface area contributed by atoms with E-state index in [0.29, 0.717) is 5.15 Å². The van der Waals surface area contributed by atoms with Gasteiger partial charge in [-0.3, -0.25) is 0 Å². The van der Waals surface area contributed by atoms with Crippen molar-refractivity contribution in [3.05, 3.63) is 52.8 Å². The van der Waals surface area contributed by atoms with E-state index in [1.165, 1.54) is 10.5 Å². The zero-order valence-electron chi connectivity index (χ0n) is 8.85. The lowest BCUT2D eigenvalue weighted by Gasteiger charge is -2.01. The number of hydrogen-bond donors (Lipinski definition) is 0. The van der Waals surface area contributed by atoms with Crippen LogP contribution in [0.2, 0.25) is 5.15 Å². The first-order valence-corrected chi connectivity index (χ1v) is 6.28. The van der Waals surface area contributed by atoms with Crippen molar-refractivity contribution in [3.8, 4) is 0 Å². The Morgan fingerprint density at radius 1 is 1.06 bits per heavy atom. The molecule has 1 aromatic carbocycles. The van der Waals surface area contributed by atoms with Crippen LogP contribution in [0.25, 0.3) is 0 Å². The Morgan fingerprint density at radius 2 is 1.81 bits per heavy atom. The third kappa shape index (κ3) is 3.22. The molecule has 0 saturated carbocycles. The average molecular weight is 251 g/mol. The van der Waals surface area contributed by atoms with Crippen molar-refractivity contribution >= 4 is 23.4 Å². The van der Waals surface area contributed by atoms with Gasteiger partial charge in [-0.2, -0.15) is 5.10 Å². The molecule has 0 aliphatic heterocycles. The topological polar surface area (TPSA) is 25.8 Å². The van der Waals surface area contributed by atoms with Crippen LogP contribution >= 0.6 is 23.4 Å². The van der Waals surface area contributed by atoms with E-state index in [4.69, 9.17) is 11.6 Å². The minimum atomic E-state index is 0.434. The molecule has 1 heterocycles. The van der Waals surface area contributed by atoms with Gasteiger partial charge in [-0.1, -0.05) is 29.3 Å². The number of benzene rings is 1. The predicted octanol–water partition coefficient (Wildman–Crippen LogP) is 3.73. The van der Waals surface area contributed by atoms with Gasteiger partial charge in [0.05, 0.1) is 5.69 Å². The number of nitrogens with zero attached hydrogens (tertiary/aromatic N) is 2. The summed E-state index contributed by atoms with van der Waals surface area (Å²) in [4.78, 5) is 1.24. The van der Waals surface area contributed by atoms with Crippen molar-refractivity contribution in [1.29, 1.82) is 0 Å². The van der Waals surface area contributed by atoms with Gasteiger partial charge in [0, 0.05) is 10.6 Å². The van der Waals surface area contributed by atoms with Crippen LogP contribution in [0.3, 0.4) is 0 Å². The second kappa shape index (κ2) is 5.32. The van der Waals surface area contributed by atoms with Gasteiger partial charge in [0.1, 0.15) is 0 Å². The third-order valence-electron chi connectivity index (χ3n) is 2.09. The molecule has 0 spiro atoms. The monoisotopic (exact) mass is 250 g/mol. The van der Waals surface area contributed by atoms with Crippen molar-refractivity contribution < 1.29 is 0 Å². The number of aryl methyl sites for hydroxylation is 1. The number of aromatic nitrogens is 2. The lowest BCUT2D eigenvalue weighted by Crippen LogP contribution is -1.89. The Labute approximate surface area is 104 Å². The van der Waals surface area contributed by atoms with E-state index < -0.39 is 0 Å². The predicted molar refractivity (Wildman–Crippen MR) is 67.8 cm³/mol. The molecule has 0 bridgehead atoms. The molecule has 4 heteroatoms. The Morgan fingerprint density at radius 3 is 2.44 bits per heavy atom. The van der Waals surface area contributed by atoms with Crippen LogP contribution in [-0.4, -0.2) is 10.2 Å². The molecule has 0 radical (unpaired) electrons. The van der Waals surface area contributed by atoms with Gasteiger partial charge >= 0.3 is 0 Å². The largest absolute Gasteiger partial charge is 0.153 e. The average Bonchev–Trinajstić information content (AvgIpc) is 2.30. The molecular formula is C12H11ClN2S. The summed E-state index contributed by atoms with van der Waals surface area (Å²) >= 11 is 7.41. The molecule has 0 fully saturated rings. The van der Waals surface area contributed by atoms with Gasteiger partial charge in [-0.05, 0) is 31.2 Å². The van der Waals surface area contributed by atoms with Crippen molar-refractivity contribution in [2.75, 3.05) is 0 Å². The molecule has 0 N–H and O–H groups in total. The fourth-order valence-corrected chi connectivity index (χ4v) is 2.11. The van der Waals surface area contributed by atoms with Gasteiger partial charge in [0.2, 0.25) is 0 Å². The summed E-state index contributed by atoms with van der Waals surface area (Å²) in [6.07, 6.45) is 0. The van der Waals surface area contributed by atoms with Crippen LogP contribution in [0.1, 0.15) is 11.3 Å². The molecule has 2 aromatic rings. The number of thioether (sulfide) groups is 1. The first kappa shape index (κ1) is 11.4. The number of halogens is 1. The summed E-state index contributed by atoms with van der Waals surface area (Å²) in [5.41, 5.74) is 2.21. The van der Waals surface area contributed by atoms with E-state index in [-0.39, 0.29) is 0 Å². The molecule has 0 saturated heterocycles. The third-order valence-corrected chi connectivity index (χ3v) is 3.34. The highest BCUT2D eigenvalue weighted by molar-refractivity contribution is 7.98. The second-order valence-electron chi connectivity index (χ2n) is 3.45. The van der Waals surface area contributed by atoms with E-state index >= 15 is 0 Å². The standard InChI is InChI=1S/C12H11ClN2S/c1-9-2-5-11(6-3-9)16-8-10-4-7-12(13)15-14-10/h2-7H,8H2,1H3. The first-order valence-electron chi connectivity index (χ1n) is 4.91. The highest BCUT2D eigenvalue weighted by atomic mass is 35.5. The first-order chi connectivity index (χ1) is 7.74. The molecule has 0 aliphatic rings. The summed E-state index contributed by atoms with van der Waals surface area (Å²) in [5.74, 6) is 0.813. The molecule has 2 rings (SSSR count). The zero-order chi connectivity index (χ0) is 11.4. The minimum Gasteiger partial charge on any atom is -0.153 e. The fourth-order valence-electron chi connectivity index (χ4n) is 1.21. The smallest absolute Gasteiger partial charge is 0.151 e. The van der Waals surface area contributed by atoms with Gasteiger partial charge in [0.15, 0.2) is 5.15 Å². The van der Waals surface area contributed by atoms with Crippen LogP contribution in [0.15, 0.2) is 41.3 Å². The molecule has 0 aliphatic carbocycles. The van der Waals surface area contributed by atoms with Gasteiger partial charge < -0.3 is 0 Å². The summed E-state index contributed by atoms with van der Waals surface area (Å²) in [6, 6.07) is 12.1. The summed E-state index contributed by atoms with van der Waals surface area (Å²) in [7, 11) is 0. The lowest BCUT2D eigenvalue weighted by molar-refractivity contribution is 0.971. The summed E-state index contributed by atoms with van der Waals surface area (Å²) < 4.78 is 0. The Hall–Kier alpha value is -1.06. The minimum absolute atomic E-state index is 0.434. The molecule has 16 heavy (non-hydrogen) atoms. The molecule has 1 aromatic heterocycles. The van der Waals surface area contributed by atoms with Gasteiger partial charge in [-0.15, -0.1) is 16.9 Å². The van der Waals surface area contributed by atoms with Gasteiger partial charge in [0.25, 0.3) is 0 Å². The van der Waals surface area contributed by atoms with Crippen LogP contribution in [0, 0.1) is 6.92 Å². The van der Waals surface area contributed by atoms with Crippen LogP contribution in [0.4, 0.5) is 0 Å². The Balaban J connectivity index is 1.97. The Bertz CT molecular complexity index is 408.